The lowest BCUT2D eigenvalue weighted by atomic mass is 9.97. The van der Waals surface area contributed by atoms with Crippen LogP contribution in [-0.4, -0.2) is 72.1 Å². The summed E-state index contributed by atoms with van der Waals surface area (Å²) in [5.41, 5.74) is 19.9. The van der Waals surface area contributed by atoms with Crippen molar-refractivity contribution in [3.05, 3.63) is 109 Å². The molecule has 1 aliphatic heterocycles. The number of nitrogens with one attached hydrogen (secondary N) is 2. The minimum Gasteiger partial charge on any atom is -0.512 e. The quantitative estimate of drug-likeness (QED) is 0.123. The van der Waals surface area contributed by atoms with Crippen LogP contribution in [0.1, 0.15) is 44.7 Å². The van der Waals surface area contributed by atoms with E-state index in [9.17, 15) is 9.90 Å². The van der Waals surface area contributed by atoms with Gasteiger partial charge in [0.25, 0.3) is 0 Å². The van der Waals surface area contributed by atoms with E-state index in [0.29, 0.717) is 26.1 Å². The normalized spacial score (nSPS) is 14.7. The standard InChI is InChI=1S/C25H39N5O2S.C7H8.C4H10.CH3NO/c1-18(22(15-27)14-21-8-5-4-6-9-21)28-16-25(32)29-23(10-7-11-26)19(2)30-12-13-33-24(17-30)20(3)31;1-7-5-3-2-4-6-7;1-4(2)3;2-1-3/h4-6,8-9,22-24,28,31H,1-3,7,10-17,26-27H2,(H,29,32);2-6H,1H3;4H,1-3H3;1H,(H2,2,3). The summed E-state index contributed by atoms with van der Waals surface area (Å²) in [5, 5.41) is 16.0. The zero-order valence-corrected chi connectivity index (χ0v) is 29.8. The van der Waals surface area contributed by atoms with E-state index in [2.05, 4.69) is 93.0 Å². The number of hydrogen-bond donors (Lipinski definition) is 6. The number of aliphatic hydroxyl groups is 1. The van der Waals surface area contributed by atoms with Crippen LogP contribution in [0.25, 0.3) is 0 Å². The summed E-state index contributed by atoms with van der Waals surface area (Å²) in [4.78, 5) is 23.5. The van der Waals surface area contributed by atoms with E-state index in [1.54, 1.807) is 11.8 Å². The van der Waals surface area contributed by atoms with Crippen molar-refractivity contribution in [2.45, 2.75) is 58.2 Å². The molecule has 0 bridgehead atoms. The van der Waals surface area contributed by atoms with Crippen molar-refractivity contribution < 1.29 is 14.7 Å². The molecule has 0 saturated carbocycles. The molecule has 2 amide bonds. The summed E-state index contributed by atoms with van der Waals surface area (Å²) < 4.78 is 0. The number of hydrogen-bond acceptors (Lipinski definition) is 8. The average molecular weight is 669 g/mol. The van der Waals surface area contributed by atoms with Crippen LogP contribution in [0.2, 0.25) is 0 Å². The van der Waals surface area contributed by atoms with Crippen LogP contribution in [0, 0.1) is 18.8 Å². The molecule has 10 heteroatoms. The SMILES string of the molecule is C=C(NCC(=O)NC(CCCN)C(=C)N1CCSC(C(=C)O)C1)C(CN)Cc1ccccc1.CC(C)C.Cc1ccccc1.NC=O. The smallest absolute Gasteiger partial charge is 0.239 e. The molecule has 3 atom stereocenters. The Morgan fingerprint density at radius 2 is 1.62 bits per heavy atom. The van der Waals surface area contributed by atoms with Gasteiger partial charge in [-0.25, -0.2) is 0 Å². The van der Waals surface area contributed by atoms with E-state index < -0.39 is 0 Å². The molecule has 262 valence electrons. The summed E-state index contributed by atoms with van der Waals surface area (Å²) in [7, 11) is 0. The van der Waals surface area contributed by atoms with E-state index >= 15 is 0 Å². The van der Waals surface area contributed by atoms with Crippen molar-refractivity contribution in [1.29, 1.82) is 0 Å². The third-order valence-corrected chi connectivity index (χ3v) is 8.04. The number of aliphatic hydroxyl groups excluding tert-OH is 1. The van der Waals surface area contributed by atoms with E-state index in [-0.39, 0.29) is 41.8 Å². The van der Waals surface area contributed by atoms with Crippen LogP contribution in [0.5, 0.6) is 0 Å². The highest BCUT2D eigenvalue weighted by Gasteiger charge is 2.27. The molecule has 2 aromatic carbocycles. The molecule has 1 saturated heterocycles. The zero-order chi connectivity index (χ0) is 35.6. The van der Waals surface area contributed by atoms with Crippen LogP contribution in [0.4, 0.5) is 0 Å². The Labute approximate surface area is 288 Å². The van der Waals surface area contributed by atoms with Gasteiger partial charge in [0, 0.05) is 42.7 Å². The Morgan fingerprint density at radius 1 is 1.06 bits per heavy atom. The van der Waals surface area contributed by atoms with Gasteiger partial charge in [-0.2, -0.15) is 0 Å². The first kappa shape index (κ1) is 43.3. The molecular weight excluding hydrogens is 609 g/mol. The minimum atomic E-state index is -0.221. The first-order valence-corrected chi connectivity index (χ1v) is 17.2. The van der Waals surface area contributed by atoms with Crippen molar-refractivity contribution in [2.75, 3.05) is 38.5 Å². The van der Waals surface area contributed by atoms with Gasteiger partial charge in [0.15, 0.2) is 0 Å². The van der Waals surface area contributed by atoms with Gasteiger partial charge >= 0.3 is 0 Å². The van der Waals surface area contributed by atoms with Crippen LogP contribution in [0.3, 0.4) is 0 Å². The Hall–Kier alpha value is -3.73. The molecule has 1 fully saturated rings. The maximum Gasteiger partial charge on any atom is 0.239 e. The molecule has 1 heterocycles. The van der Waals surface area contributed by atoms with Crippen molar-refractivity contribution in [3.63, 3.8) is 0 Å². The third-order valence-electron chi connectivity index (χ3n) is 6.80. The first-order chi connectivity index (χ1) is 22.4. The molecule has 9 nitrogen and oxygen atoms in total. The van der Waals surface area contributed by atoms with Gasteiger partial charge in [0.2, 0.25) is 12.3 Å². The number of carbonyl (C=O) groups is 2. The third kappa shape index (κ3) is 20.9. The second-order valence-corrected chi connectivity index (χ2v) is 13.2. The molecule has 0 spiro atoms. The molecule has 0 radical (unpaired) electrons. The van der Waals surface area contributed by atoms with Crippen molar-refractivity contribution in [2.24, 2.45) is 29.0 Å². The van der Waals surface area contributed by atoms with E-state index in [0.717, 1.165) is 42.5 Å². The predicted octanol–water partition coefficient (Wildman–Crippen LogP) is 4.89. The molecule has 2 aromatic rings. The molecule has 3 rings (SSSR count). The monoisotopic (exact) mass is 668 g/mol. The fourth-order valence-corrected chi connectivity index (χ4v) is 5.43. The molecule has 3 unspecified atom stereocenters. The summed E-state index contributed by atoms with van der Waals surface area (Å²) in [6, 6.07) is 20.1. The maximum atomic E-state index is 12.8. The molecule has 0 aromatic heterocycles. The number of amides is 2. The van der Waals surface area contributed by atoms with Crippen molar-refractivity contribution >= 4 is 24.1 Å². The molecule has 0 aliphatic carbocycles. The number of nitrogens with two attached hydrogens (primary N) is 3. The fraction of sp³-hybridized carbons (Fsp3) is 0.459. The zero-order valence-electron chi connectivity index (χ0n) is 29.0. The van der Waals surface area contributed by atoms with Gasteiger partial charge in [-0.3, -0.25) is 9.59 Å². The fourth-order valence-electron chi connectivity index (χ4n) is 4.34. The van der Waals surface area contributed by atoms with Gasteiger partial charge in [0.1, 0.15) is 0 Å². The number of benzene rings is 2. The molecular formula is C37H60N6O3S. The lowest BCUT2D eigenvalue weighted by molar-refractivity contribution is -0.120. The number of carbonyl (C=O) groups excluding carboxylic acids is 2. The van der Waals surface area contributed by atoms with Gasteiger partial charge in [-0.1, -0.05) is 107 Å². The predicted molar refractivity (Wildman–Crippen MR) is 201 cm³/mol. The summed E-state index contributed by atoms with van der Waals surface area (Å²) >= 11 is 1.68. The largest absolute Gasteiger partial charge is 0.512 e. The molecule has 47 heavy (non-hydrogen) atoms. The topological polar surface area (TPSA) is 160 Å². The number of primary amides is 1. The van der Waals surface area contributed by atoms with Gasteiger partial charge < -0.3 is 37.8 Å². The highest BCUT2D eigenvalue weighted by Crippen LogP contribution is 2.26. The summed E-state index contributed by atoms with van der Waals surface area (Å²) in [6.45, 7) is 23.2. The maximum absolute atomic E-state index is 12.8. The highest BCUT2D eigenvalue weighted by atomic mass is 32.2. The molecule has 1 aliphatic rings. The number of rotatable bonds is 14. The van der Waals surface area contributed by atoms with Crippen molar-refractivity contribution in [1.82, 2.24) is 15.5 Å². The van der Waals surface area contributed by atoms with E-state index in [1.807, 2.05) is 36.4 Å². The number of thioether (sulfide) groups is 1. The van der Waals surface area contributed by atoms with Gasteiger partial charge in [-0.15, -0.1) is 11.8 Å². The van der Waals surface area contributed by atoms with Gasteiger partial charge in [-0.05, 0) is 44.2 Å². The minimum absolute atomic E-state index is 0.0394. The van der Waals surface area contributed by atoms with Crippen LogP contribution >= 0.6 is 11.8 Å². The Bertz CT molecular complexity index is 1160. The average Bonchev–Trinajstić information content (AvgIpc) is 3.05. The Kier molecular flexibility index (Phi) is 24.3. The molecule has 9 N–H and O–H groups in total. The van der Waals surface area contributed by atoms with Crippen LogP contribution in [-0.2, 0) is 16.0 Å². The first-order valence-electron chi connectivity index (χ1n) is 16.2. The second kappa shape index (κ2) is 26.4. The summed E-state index contributed by atoms with van der Waals surface area (Å²) in [6.07, 6.45) is 2.50. The van der Waals surface area contributed by atoms with Gasteiger partial charge in [0.05, 0.1) is 23.6 Å². The van der Waals surface area contributed by atoms with Crippen LogP contribution in [0.15, 0.2) is 97.6 Å². The Morgan fingerprint density at radius 3 is 2.09 bits per heavy atom. The van der Waals surface area contributed by atoms with Crippen molar-refractivity contribution in [3.8, 4) is 0 Å². The number of nitrogens with zero attached hydrogens (tertiary/aromatic N) is 1. The highest BCUT2D eigenvalue weighted by molar-refractivity contribution is 8.00. The Balaban J connectivity index is 0.00000125. The second-order valence-electron chi connectivity index (χ2n) is 11.9. The summed E-state index contributed by atoms with van der Waals surface area (Å²) in [5.74, 6) is 1.78. The van der Waals surface area contributed by atoms with E-state index in [4.69, 9.17) is 16.3 Å². The lowest BCUT2D eigenvalue weighted by Gasteiger charge is -2.38. The van der Waals surface area contributed by atoms with E-state index in [1.165, 1.54) is 11.1 Å². The lowest BCUT2D eigenvalue weighted by Crippen LogP contribution is -2.48. The number of aryl methyl sites for hydroxylation is 1. The van der Waals surface area contributed by atoms with Crippen LogP contribution < -0.4 is 27.8 Å².